The molecule has 0 radical (unpaired) electrons. The van der Waals surface area contributed by atoms with Crippen LogP contribution < -0.4 is 5.01 Å². The summed E-state index contributed by atoms with van der Waals surface area (Å²) in [6.45, 7) is 7.53. The molecule has 2 rings (SSSR count). The van der Waals surface area contributed by atoms with Crippen LogP contribution in [0.2, 0.25) is 0 Å². The number of pyridine rings is 1. The predicted molar refractivity (Wildman–Crippen MR) is 109 cm³/mol. The molecule has 0 spiro atoms. The van der Waals surface area contributed by atoms with E-state index < -0.39 is 16.9 Å². The molecule has 29 heavy (non-hydrogen) atoms. The molecule has 1 unspecified atom stereocenters. The first kappa shape index (κ1) is 23.1. The topological polar surface area (TPSA) is 103 Å². The van der Waals surface area contributed by atoms with E-state index in [2.05, 4.69) is 4.98 Å². The minimum atomic E-state index is -1.39. The third-order valence-electron chi connectivity index (χ3n) is 5.58. The van der Waals surface area contributed by atoms with Crippen LogP contribution in [0.3, 0.4) is 0 Å². The standard InChI is InChI=1S/C21H33N3O5/c1-6-17(26)23-12-8-10-21(19(27)28,13-20(3,4)14-25)24(23)16-9-7-11-22-18(16)15(2)29-5/h7,9,11,15,25H,6,8,10,12-14H2,1-5H3,(H,27,28)/t15-,21?/m0/s1. The number of hydrogen-bond acceptors (Lipinski definition) is 6. The molecule has 8 nitrogen and oxygen atoms in total. The van der Waals surface area contributed by atoms with E-state index in [1.54, 1.807) is 37.4 Å². The van der Waals surface area contributed by atoms with Crippen molar-refractivity contribution in [1.29, 1.82) is 0 Å². The molecule has 1 saturated heterocycles. The number of carboxylic acid groups (broad SMARTS) is 1. The van der Waals surface area contributed by atoms with Gasteiger partial charge < -0.3 is 14.9 Å². The highest BCUT2D eigenvalue weighted by molar-refractivity contribution is 5.87. The number of carboxylic acids is 1. The molecule has 2 N–H and O–H groups in total. The van der Waals surface area contributed by atoms with Crippen LogP contribution in [0.15, 0.2) is 18.3 Å². The second kappa shape index (κ2) is 9.09. The number of carbonyl (C=O) groups excluding carboxylic acids is 1. The van der Waals surface area contributed by atoms with Gasteiger partial charge in [-0.2, -0.15) is 0 Å². The number of rotatable bonds is 8. The summed E-state index contributed by atoms with van der Waals surface area (Å²) in [6, 6.07) is 3.51. The van der Waals surface area contributed by atoms with Crippen molar-refractivity contribution in [2.75, 3.05) is 25.3 Å². The van der Waals surface area contributed by atoms with Gasteiger partial charge in [-0.1, -0.05) is 20.8 Å². The summed E-state index contributed by atoms with van der Waals surface area (Å²) in [5.41, 5.74) is -0.928. The number of aliphatic carboxylic acids is 1. The molecule has 1 aromatic heterocycles. The van der Waals surface area contributed by atoms with Crippen molar-refractivity contribution in [3.63, 3.8) is 0 Å². The number of methoxy groups -OCH3 is 1. The van der Waals surface area contributed by atoms with Gasteiger partial charge in [-0.05, 0) is 43.7 Å². The Balaban J connectivity index is 2.75. The number of anilines is 1. The van der Waals surface area contributed by atoms with E-state index in [9.17, 15) is 19.8 Å². The van der Waals surface area contributed by atoms with Gasteiger partial charge in [0.1, 0.15) is 0 Å². The minimum absolute atomic E-state index is 0.156. The Morgan fingerprint density at radius 1 is 1.41 bits per heavy atom. The lowest BCUT2D eigenvalue weighted by atomic mass is 9.74. The third kappa shape index (κ3) is 4.53. The van der Waals surface area contributed by atoms with Gasteiger partial charge in [0.25, 0.3) is 0 Å². The largest absolute Gasteiger partial charge is 0.479 e. The van der Waals surface area contributed by atoms with Gasteiger partial charge in [-0.25, -0.2) is 4.79 Å². The summed E-state index contributed by atoms with van der Waals surface area (Å²) in [5.74, 6) is -1.18. The lowest BCUT2D eigenvalue weighted by molar-refractivity contribution is -0.151. The van der Waals surface area contributed by atoms with E-state index >= 15 is 0 Å². The highest BCUT2D eigenvalue weighted by Crippen LogP contribution is 2.43. The van der Waals surface area contributed by atoms with Crippen molar-refractivity contribution in [2.45, 2.75) is 65.0 Å². The van der Waals surface area contributed by atoms with E-state index in [4.69, 9.17) is 4.74 Å². The maximum Gasteiger partial charge on any atom is 0.331 e. The molecule has 1 aliphatic rings. The highest BCUT2D eigenvalue weighted by Gasteiger charge is 2.53. The van der Waals surface area contributed by atoms with Crippen molar-refractivity contribution < 1.29 is 24.5 Å². The number of carbonyl (C=O) groups is 2. The van der Waals surface area contributed by atoms with Crippen molar-refractivity contribution in [3.05, 3.63) is 24.0 Å². The van der Waals surface area contributed by atoms with E-state index in [1.165, 1.54) is 5.01 Å². The Morgan fingerprint density at radius 3 is 2.66 bits per heavy atom. The normalized spacial score (nSPS) is 21.2. The first-order chi connectivity index (χ1) is 13.6. The van der Waals surface area contributed by atoms with Crippen LogP contribution in [0.4, 0.5) is 5.69 Å². The summed E-state index contributed by atoms with van der Waals surface area (Å²) in [5, 5.41) is 23.4. The molecule has 1 amide bonds. The second-order valence-electron chi connectivity index (χ2n) is 8.41. The van der Waals surface area contributed by atoms with Crippen LogP contribution >= 0.6 is 0 Å². The highest BCUT2D eigenvalue weighted by atomic mass is 16.5. The van der Waals surface area contributed by atoms with Crippen LogP contribution in [0.1, 0.15) is 65.2 Å². The monoisotopic (exact) mass is 407 g/mol. The van der Waals surface area contributed by atoms with E-state index in [0.717, 1.165) is 0 Å². The van der Waals surface area contributed by atoms with E-state index in [1.807, 2.05) is 20.8 Å². The average Bonchev–Trinajstić information content (AvgIpc) is 2.72. The molecular weight excluding hydrogens is 374 g/mol. The second-order valence-corrected chi connectivity index (χ2v) is 8.41. The third-order valence-corrected chi connectivity index (χ3v) is 5.58. The summed E-state index contributed by atoms with van der Waals surface area (Å²) in [7, 11) is 1.56. The first-order valence-corrected chi connectivity index (χ1v) is 10.1. The number of amides is 1. The molecule has 1 fully saturated rings. The SMILES string of the molecule is CCC(=O)N1CCCC(CC(C)(C)CO)(C(=O)O)N1c1cccnc1[C@H](C)OC. The molecule has 162 valence electrons. The van der Waals surface area contributed by atoms with Crippen LogP contribution in [0.25, 0.3) is 0 Å². The zero-order valence-corrected chi connectivity index (χ0v) is 18.0. The van der Waals surface area contributed by atoms with Gasteiger partial charge in [0.15, 0.2) is 5.54 Å². The fourth-order valence-corrected chi connectivity index (χ4v) is 4.03. The lowest BCUT2D eigenvalue weighted by Crippen LogP contribution is -2.68. The summed E-state index contributed by atoms with van der Waals surface area (Å²) in [4.78, 5) is 30.0. The number of hydrazine groups is 1. The van der Waals surface area contributed by atoms with Crippen molar-refractivity contribution in [3.8, 4) is 0 Å². The number of aliphatic hydroxyl groups is 1. The molecular formula is C21H33N3O5. The zero-order chi connectivity index (χ0) is 21.8. The van der Waals surface area contributed by atoms with E-state index in [-0.39, 0.29) is 31.5 Å². The number of aromatic nitrogens is 1. The van der Waals surface area contributed by atoms with Crippen LogP contribution in [0, 0.1) is 5.41 Å². The smallest absolute Gasteiger partial charge is 0.331 e. The Bertz CT molecular complexity index is 739. The molecule has 2 heterocycles. The fourth-order valence-electron chi connectivity index (χ4n) is 4.03. The van der Waals surface area contributed by atoms with Gasteiger partial charge in [0.05, 0.1) is 17.5 Å². The zero-order valence-electron chi connectivity index (χ0n) is 18.0. The Hall–Kier alpha value is -2.19. The Kier molecular flexibility index (Phi) is 7.24. The quantitative estimate of drug-likeness (QED) is 0.683. The fraction of sp³-hybridized carbons (Fsp3) is 0.667. The number of hydrogen-bond donors (Lipinski definition) is 2. The first-order valence-electron chi connectivity index (χ1n) is 10.1. The average molecular weight is 408 g/mol. The summed E-state index contributed by atoms with van der Waals surface area (Å²) < 4.78 is 5.46. The minimum Gasteiger partial charge on any atom is -0.479 e. The number of aliphatic hydroxyl groups excluding tert-OH is 1. The molecule has 8 heteroatoms. The predicted octanol–water partition coefficient (Wildman–Crippen LogP) is 2.77. The molecule has 0 saturated carbocycles. The number of nitrogens with zero attached hydrogens (tertiary/aromatic N) is 3. The summed E-state index contributed by atoms with van der Waals surface area (Å²) in [6.07, 6.45) is 2.59. The molecule has 0 bridgehead atoms. The van der Waals surface area contributed by atoms with Crippen molar-refractivity contribution >= 4 is 17.6 Å². The maximum atomic E-state index is 12.8. The lowest BCUT2D eigenvalue weighted by Gasteiger charge is -2.53. The molecule has 1 aromatic rings. The van der Waals surface area contributed by atoms with Gasteiger partial charge in [-0.15, -0.1) is 0 Å². The molecule has 0 aromatic carbocycles. The van der Waals surface area contributed by atoms with Gasteiger partial charge in [0.2, 0.25) is 5.91 Å². The van der Waals surface area contributed by atoms with Gasteiger partial charge in [-0.3, -0.25) is 19.8 Å². The van der Waals surface area contributed by atoms with Crippen molar-refractivity contribution in [1.82, 2.24) is 9.99 Å². The van der Waals surface area contributed by atoms with Crippen LogP contribution in [-0.4, -0.2) is 57.9 Å². The molecule has 0 aliphatic carbocycles. The van der Waals surface area contributed by atoms with Crippen molar-refractivity contribution in [2.24, 2.45) is 5.41 Å². The van der Waals surface area contributed by atoms with Crippen LogP contribution in [-0.2, 0) is 14.3 Å². The maximum absolute atomic E-state index is 12.8. The Morgan fingerprint density at radius 2 is 2.10 bits per heavy atom. The Labute approximate surface area is 172 Å². The van der Waals surface area contributed by atoms with Gasteiger partial charge >= 0.3 is 5.97 Å². The molecule has 1 aliphatic heterocycles. The number of ether oxygens (including phenoxy) is 1. The summed E-state index contributed by atoms with van der Waals surface area (Å²) >= 11 is 0. The molecule has 2 atom stereocenters. The van der Waals surface area contributed by atoms with Gasteiger partial charge in [0, 0.05) is 32.9 Å². The van der Waals surface area contributed by atoms with Crippen LogP contribution in [0.5, 0.6) is 0 Å². The van der Waals surface area contributed by atoms with E-state index in [0.29, 0.717) is 30.8 Å².